The number of rotatable bonds is 2. The Balaban J connectivity index is 1.89. The van der Waals surface area contributed by atoms with E-state index in [-0.39, 0.29) is 11.2 Å². The van der Waals surface area contributed by atoms with E-state index in [1.54, 1.807) is 12.1 Å². The Morgan fingerprint density at radius 3 is 2.90 bits per heavy atom. The summed E-state index contributed by atoms with van der Waals surface area (Å²) in [6.45, 7) is 4.30. The van der Waals surface area contributed by atoms with Crippen LogP contribution in [0.2, 0.25) is 0 Å². The molecule has 0 aliphatic heterocycles. The topological polar surface area (TPSA) is 33.1 Å². The van der Waals surface area contributed by atoms with Gasteiger partial charge in [0.2, 0.25) is 0 Å². The zero-order valence-electron chi connectivity index (χ0n) is 11.7. The molecule has 20 heavy (non-hydrogen) atoms. The lowest BCUT2D eigenvalue weighted by molar-refractivity contribution is 0.102. The maximum atomic E-state index is 13.7. The van der Waals surface area contributed by atoms with Gasteiger partial charge in [0.15, 0.2) is 0 Å². The van der Waals surface area contributed by atoms with E-state index >= 15 is 0 Å². The molecule has 0 spiro atoms. The summed E-state index contributed by atoms with van der Waals surface area (Å²) in [4.78, 5) is 5.59. The summed E-state index contributed by atoms with van der Waals surface area (Å²) in [6.07, 6.45) is 1.71. The molecule has 0 amide bonds. The fourth-order valence-electron chi connectivity index (χ4n) is 2.82. The Morgan fingerprint density at radius 2 is 2.15 bits per heavy atom. The number of nitrogens with zero attached hydrogens (tertiary/aromatic N) is 1. The van der Waals surface area contributed by atoms with Crippen LogP contribution in [0.25, 0.3) is 0 Å². The molecule has 1 N–H and O–H groups in total. The van der Waals surface area contributed by atoms with Crippen molar-refractivity contribution in [2.45, 2.75) is 39.2 Å². The Bertz CT molecular complexity index is 635. The van der Waals surface area contributed by atoms with Gasteiger partial charge in [-0.3, -0.25) is 0 Å². The van der Waals surface area contributed by atoms with Crippen molar-refractivity contribution in [1.29, 1.82) is 0 Å². The number of hydrogen-bond acceptors (Lipinski definition) is 3. The van der Waals surface area contributed by atoms with E-state index in [9.17, 15) is 9.50 Å². The predicted molar refractivity (Wildman–Crippen MR) is 78.4 cm³/mol. The Labute approximate surface area is 122 Å². The predicted octanol–water partition coefficient (Wildman–Crippen LogP) is 3.88. The van der Waals surface area contributed by atoms with Crippen LogP contribution in [0.3, 0.4) is 0 Å². The smallest absolute Gasteiger partial charge is 0.126 e. The van der Waals surface area contributed by atoms with Crippen molar-refractivity contribution in [3.63, 3.8) is 0 Å². The molecular weight excluding hydrogens is 273 g/mol. The maximum Gasteiger partial charge on any atom is 0.126 e. The van der Waals surface area contributed by atoms with E-state index in [1.165, 1.54) is 17.4 Å². The summed E-state index contributed by atoms with van der Waals surface area (Å²) in [5.74, 6) is -0.193. The van der Waals surface area contributed by atoms with Crippen LogP contribution in [0, 0.1) is 11.2 Å². The largest absolute Gasteiger partial charge is 0.387 e. The van der Waals surface area contributed by atoms with Crippen LogP contribution >= 0.6 is 11.3 Å². The molecule has 0 bridgehead atoms. The number of benzene rings is 1. The highest BCUT2D eigenvalue weighted by Gasteiger charge is 2.34. The SMILES string of the molecule is CC1(C)Cc2nc(Cc3ccccc3F)sc2C(O)C1. The highest BCUT2D eigenvalue weighted by atomic mass is 32.1. The van der Waals surface area contributed by atoms with Gasteiger partial charge in [-0.2, -0.15) is 0 Å². The summed E-state index contributed by atoms with van der Waals surface area (Å²) < 4.78 is 13.7. The van der Waals surface area contributed by atoms with Crippen LogP contribution in [0.1, 0.15) is 47.5 Å². The van der Waals surface area contributed by atoms with Gasteiger partial charge in [0, 0.05) is 6.42 Å². The molecule has 1 atom stereocenters. The Morgan fingerprint density at radius 1 is 1.40 bits per heavy atom. The second-order valence-electron chi connectivity index (χ2n) is 6.25. The lowest BCUT2D eigenvalue weighted by Crippen LogP contribution is -2.24. The number of thiazole rings is 1. The lowest BCUT2D eigenvalue weighted by atomic mass is 9.77. The minimum absolute atomic E-state index is 0.0791. The number of aliphatic hydroxyl groups excluding tert-OH is 1. The van der Waals surface area contributed by atoms with Crippen LogP contribution in [-0.4, -0.2) is 10.1 Å². The molecule has 4 heteroatoms. The van der Waals surface area contributed by atoms with E-state index < -0.39 is 6.10 Å². The lowest BCUT2D eigenvalue weighted by Gasteiger charge is -2.31. The first-order valence-corrected chi connectivity index (χ1v) is 7.66. The van der Waals surface area contributed by atoms with Crippen molar-refractivity contribution >= 4 is 11.3 Å². The van der Waals surface area contributed by atoms with Gasteiger partial charge in [-0.25, -0.2) is 9.37 Å². The van der Waals surface area contributed by atoms with Crippen LogP contribution < -0.4 is 0 Å². The Kier molecular flexibility index (Phi) is 3.38. The quantitative estimate of drug-likeness (QED) is 0.911. The summed E-state index contributed by atoms with van der Waals surface area (Å²) >= 11 is 1.52. The fourth-order valence-corrected chi connectivity index (χ4v) is 3.92. The molecule has 1 aromatic carbocycles. The molecule has 1 aliphatic carbocycles. The van der Waals surface area contributed by atoms with Gasteiger partial charge in [-0.1, -0.05) is 32.0 Å². The van der Waals surface area contributed by atoms with Gasteiger partial charge >= 0.3 is 0 Å². The Hall–Kier alpha value is -1.26. The molecular formula is C16H18FNOS. The molecule has 2 aromatic rings. The van der Waals surface area contributed by atoms with Gasteiger partial charge in [-0.15, -0.1) is 11.3 Å². The molecule has 2 nitrogen and oxygen atoms in total. The van der Waals surface area contributed by atoms with Gasteiger partial charge in [0.25, 0.3) is 0 Å². The molecule has 1 heterocycles. The van der Waals surface area contributed by atoms with Crippen LogP contribution in [0.5, 0.6) is 0 Å². The standard InChI is InChI=1S/C16H18FNOS/c1-16(2)8-12-15(13(19)9-16)20-14(18-12)7-10-5-3-4-6-11(10)17/h3-6,13,19H,7-9H2,1-2H3. The zero-order valence-corrected chi connectivity index (χ0v) is 12.5. The molecule has 0 saturated carbocycles. The second kappa shape index (κ2) is 4.93. The first-order valence-electron chi connectivity index (χ1n) is 6.84. The van der Waals surface area contributed by atoms with Crippen molar-refractivity contribution in [2.24, 2.45) is 5.41 Å². The minimum Gasteiger partial charge on any atom is -0.387 e. The van der Waals surface area contributed by atoms with Crippen LogP contribution in [0.15, 0.2) is 24.3 Å². The van der Waals surface area contributed by atoms with Gasteiger partial charge in [0.05, 0.1) is 21.7 Å². The molecule has 3 rings (SSSR count). The monoisotopic (exact) mass is 291 g/mol. The van der Waals surface area contributed by atoms with Crippen LogP contribution in [-0.2, 0) is 12.8 Å². The van der Waals surface area contributed by atoms with Gasteiger partial charge in [-0.05, 0) is 29.9 Å². The molecule has 106 valence electrons. The van der Waals surface area contributed by atoms with Crippen LogP contribution in [0.4, 0.5) is 4.39 Å². The van der Waals surface area contributed by atoms with Crippen molar-refractivity contribution in [3.8, 4) is 0 Å². The van der Waals surface area contributed by atoms with Crippen molar-refractivity contribution in [2.75, 3.05) is 0 Å². The summed E-state index contributed by atoms with van der Waals surface area (Å²) in [6, 6.07) is 6.79. The fraction of sp³-hybridized carbons (Fsp3) is 0.438. The van der Waals surface area contributed by atoms with Crippen molar-refractivity contribution in [1.82, 2.24) is 4.98 Å². The number of fused-ring (bicyclic) bond motifs is 1. The third kappa shape index (κ3) is 2.63. The first-order chi connectivity index (χ1) is 9.44. The molecule has 0 fully saturated rings. The van der Waals surface area contributed by atoms with Crippen molar-refractivity contribution < 1.29 is 9.50 Å². The van der Waals surface area contributed by atoms with E-state index in [4.69, 9.17) is 0 Å². The average Bonchev–Trinajstić information content (AvgIpc) is 2.73. The molecule has 1 aliphatic rings. The molecule has 1 unspecified atom stereocenters. The first kappa shape index (κ1) is 13.7. The van der Waals surface area contributed by atoms with E-state index in [2.05, 4.69) is 18.8 Å². The normalized spacial score (nSPS) is 20.7. The minimum atomic E-state index is -0.430. The van der Waals surface area contributed by atoms with Gasteiger partial charge in [0.1, 0.15) is 5.82 Å². The van der Waals surface area contributed by atoms with E-state index in [1.807, 2.05) is 6.07 Å². The van der Waals surface area contributed by atoms with Crippen molar-refractivity contribution in [3.05, 3.63) is 51.2 Å². The van der Waals surface area contributed by atoms with E-state index in [0.717, 1.165) is 28.4 Å². The third-order valence-electron chi connectivity index (χ3n) is 3.77. The third-order valence-corrected chi connectivity index (χ3v) is 4.96. The highest BCUT2D eigenvalue weighted by Crippen LogP contribution is 2.43. The van der Waals surface area contributed by atoms with Gasteiger partial charge < -0.3 is 5.11 Å². The molecule has 0 radical (unpaired) electrons. The summed E-state index contributed by atoms with van der Waals surface area (Å²) in [5, 5.41) is 11.1. The van der Waals surface area contributed by atoms with E-state index in [0.29, 0.717) is 12.0 Å². The molecule has 1 aromatic heterocycles. The average molecular weight is 291 g/mol. The summed E-state index contributed by atoms with van der Waals surface area (Å²) in [7, 11) is 0. The number of aliphatic hydroxyl groups is 1. The molecule has 0 saturated heterocycles. The maximum absolute atomic E-state index is 13.7. The zero-order chi connectivity index (χ0) is 14.3. The number of hydrogen-bond donors (Lipinski definition) is 1. The highest BCUT2D eigenvalue weighted by molar-refractivity contribution is 7.11. The number of aromatic nitrogens is 1. The summed E-state index contributed by atoms with van der Waals surface area (Å²) in [5.41, 5.74) is 1.73. The second-order valence-corrected chi connectivity index (χ2v) is 7.36. The number of halogens is 1.